The number of aromatic amines is 1. The molecule has 1 N–H and O–H groups in total. The molecule has 0 bridgehead atoms. The maximum Gasteiger partial charge on any atom is 0.251 e. The number of rotatable bonds is 6. The second-order valence-electron chi connectivity index (χ2n) is 7.23. The van der Waals surface area contributed by atoms with E-state index >= 15 is 0 Å². The number of H-pyrrole nitrogens is 1. The molecule has 1 aromatic heterocycles. The molecule has 0 aromatic carbocycles. The van der Waals surface area contributed by atoms with Gasteiger partial charge in [-0.25, -0.2) is 4.98 Å². The molecule has 0 unspecified atom stereocenters. The lowest BCUT2D eigenvalue weighted by Gasteiger charge is -2.31. The van der Waals surface area contributed by atoms with Gasteiger partial charge in [-0.2, -0.15) is 0 Å². The molecule has 0 spiro atoms. The van der Waals surface area contributed by atoms with Crippen molar-refractivity contribution in [3.8, 4) is 0 Å². The number of nitrogens with zero attached hydrogens (tertiary/aromatic N) is 2. The number of piperidine rings is 1. The average Bonchev–Trinajstić information content (AvgIpc) is 2.52. The van der Waals surface area contributed by atoms with Crippen molar-refractivity contribution < 1.29 is 0 Å². The van der Waals surface area contributed by atoms with E-state index in [1.165, 1.54) is 17.6 Å². The van der Waals surface area contributed by atoms with Crippen LogP contribution in [-0.2, 0) is 0 Å². The van der Waals surface area contributed by atoms with E-state index in [-0.39, 0.29) is 5.56 Å². The van der Waals surface area contributed by atoms with E-state index in [4.69, 9.17) is 0 Å². The van der Waals surface area contributed by atoms with Crippen molar-refractivity contribution in [1.82, 2.24) is 14.9 Å². The molecule has 1 fully saturated rings. The summed E-state index contributed by atoms with van der Waals surface area (Å²) in [7, 11) is 0. The Hall–Kier alpha value is -1.68. The molecule has 1 saturated heterocycles. The second kappa shape index (κ2) is 8.97. The number of nitrogens with one attached hydrogen (secondary N) is 1. The van der Waals surface area contributed by atoms with Crippen LogP contribution in [0.1, 0.15) is 63.9 Å². The summed E-state index contributed by atoms with van der Waals surface area (Å²) in [6.07, 6.45) is 9.21. The predicted octanol–water partition coefficient (Wildman–Crippen LogP) is 3.95. The SMILES string of the molecule is CC(C)=CCC/C(C)=C/CN1CCC[C@@H](c2cc(=O)[nH]c(C)n2)C1. The molecule has 0 aliphatic carbocycles. The summed E-state index contributed by atoms with van der Waals surface area (Å²) in [4.78, 5) is 21.4. The minimum absolute atomic E-state index is 0.0374. The van der Waals surface area contributed by atoms with Crippen molar-refractivity contribution in [3.63, 3.8) is 0 Å². The van der Waals surface area contributed by atoms with E-state index in [1.54, 1.807) is 6.07 Å². The van der Waals surface area contributed by atoms with E-state index < -0.39 is 0 Å². The van der Waals surface area contributed by atoms with Gasteiger partial charge in [-0.3, -0.25) is 9.69 Å². The highest BCUT2D eigenvalue weighted by Crippen LogP contribution is 2.25. The summed E-state index contributed by atoms with van der Waals surface area (Å²) in [6.45, 7) is 11.5. The lowest BCUT2D eigenvalue weighted by atomic mass is 9.94. The summed E-state index contributed by atoms with van der Waals surface area (Å²) in [6, 6.07) is 1.67. The lowest BCUT2D eigenvalue weighted by molar-refractivity contribution is 0.225. The van der Waals surface area contributed by atoms with Crippen LogP contribution in [-0.4, -0.2) is 34.5 Å². The maximum absolute atomic E-state index is 11.7. The molecule has 1 aliphatic rings. The maximum atomic E-state index is 11.7. The predicted molar refractivity (Wildman–Crippen MR) is 100 cm³/mol. The zero-order chi connectivity index (χ0) is 17.5. The van der Waals surface area contributed by atoms with Crippen molar-refractivity contribution in [2.24, 2.45) is 0 Å². The van der Waals surface area contributed by atoms with Crippen LogP contribution in [0.15, 0.2) is 34.2 Å². The van der Waals surface area contributed by atoms with Crippen LogP contribution in [0.3, 0.4) is 0 Å². The van der Waals surface area contributed by atoms with E-state index in [2.05, 4.69) is 47.8 Å². The third kappa shape index (κ3) is 6.08. The van der Waals surface area contributed by atoms with Gasteiger partial charge in [0, 0.05) is 25.1 Å². The Morgan fingerprint density at radius 1 is 1.38 bits per heavy atom. The molecular formula is C20H31N3O. The molecule has 4 heteroatoms. The Labute approximate surface area is 145 Å². The first kappa shape index (κ1) is 18.7. The summed E-state index contributed by atoms with van der Waals surface area (Å²) < 4.78 is 0. The van der Waals surface area contributed by atoms with Gasteiger partial charge in [0.15, 0.2) is 0 Å². The van der Waals surface area contributed by atoms with Gasteiger partial charge in [0.2, 0.25) is 0 Å². The highest BCUT2D eigenvalue weighted by atomic mass is 16.1. The van der Waals surface area contributed by atoms with Gasteiger partial charge in [0.05, 0.1) is 5.69 Å². The molecule has 1 aliphatic heterocycles. The van der Waals surface area contributed by atoms with Gasteiger partial charge in [0.1, 0.15) is 5.82 Å². The van der Waals surface area contributed by atoms with Crippen LogP contribution in [0.4, 0.5) is 0 Å². The Morgan fingerprint density at radius 3 is 2.88 bits per heavy atom. The standard InChI is InChI=1S/C20H31N3O/c1-15(2)7-5-8-16(3)10-12-23-11-6-9-18(14-23)19-13-20(24)22-17(4)21-19/h7,10,13,18H,5-6,8-9,11-12,14H2,1-4H3,(H,21,22,24)/b16-10+/t18-/m1/s1. The summed E-state index contributed by atoms with van der Waals surface area (Å²) in [5, 5.41) is 0. The molecule has 24 heavy (non-hydrogen) atoms. The fourth-order valence-electron chi connectivity index (χ4n) is 3.25. The molecule has 2 heterocycles. The summed E-state index contributed by atoms with van der Waals surface area (Å²) in [5.74, 6) is 1.09. The fourth-order valence-corrected chi connectivity index (χ4v) is 3.25. The van der Waals surface area contributed by atoms with Crippen LogP contribution in [0.25, 0.3) is 0 Å². The Bertz CT molecular complexity index is 653. The van der Waals surface area contributed by atoms with Crippen LogP contribution >= 0.6 is 0 Å². The van der Waals surface area contributed by atoms with Gasteiger partial charge >= 0.3 is 0 Å². The molecular weight excluding hydrogens is 298 g/mol. The molecule has 132 valence electrons. The summed E-state index contributed by atoms with van der Waals surface area (Å²) >= 11 is 0. The molecule has 1 atom stereocenters. The molecule has 0 saturated carbocycles. The minimum atomic E-state index is -0.0374. The molecule has 4 nitrogen and oxygen atoms in total. The number of hydrogen-bond donors (Lipinski definition) is 1. The fraction of sp³-hybridized carbons (Fsp3) is 0.600. The first-order valence-corrected chi connectivity index (χ1v) is 9.03. The van der Waals surface area contributed by atoms with Crippen molar-refractivity contribution in [2.45, 2.75) is 59.3 Å². The quantitative estimate of drug-likeness (QED) is 0.804. The highest BCUT2D eigenvalue weighted by molar-refractivity contribution is 5.11. The molecule has 2 rings (SSSR count). The normalized spacial score (nSPS) is 19.3. The first-order chi connectivity index (χ1) is 11.4. The van der Waals surface area contributed by atoms with Gasteiger partial charge in [-0.1, -0.05) is 23.3 Å². The van der Waals surface area contributed by atoms with Crippen LogP contribution in [0, 0.1) is 6.92 Å². The van der Waals surface area contributed by atoms with Crippen molar-refractivity contribution in [2.75, 3.05) is 19.6 Å². The topological polar surface area (TPSA) is 49.0 Å². The number of aromatic nitrogens is 2. The van der Waals surface area contributed by atoms with Crippen molar-refractivity contribution in [3.05, 3.63) is 51.2 Å². The van der Waals surface area contributed by atoms with Crippen LogP contribution in [0.2, 0.25) is 0 Å². The Balaban J connectivity index is 1.91. The zero-order valence-corrected chi connectivity index (χ0v) is 15.6. The summed E-state index contributed by atoms with van der Waals surface area (Å²) in [5.41, 5.74) is 3.76. The smallest absolute Gasteiger partial charge is 0.251 e. The minimum Gasteiger partial charge on any atom is -0.311 e. The number of aryl methyl sites for hydroxylation is 1. The number of likely N-dealkylation sites (tertiary alicyclic amines) is 1. The Kier molecular flexibility index (Phi) is 6.98. The third-order valence-corrected chi connectivity index (χ3v) is 4.59. The van der Waals surface area contributed by atoms with E-state index in [0.29, 0.717) is 11.7 Å². The molecule has 0 amide bonds. The first-order valence-electron chi connectivity index (χ1n) is 9.03. The monoisotopic (exact) mass is 329 g/mol. The molecule has 1 aromatic rings. The van der Waals surface area contributed by atoms with E-state index in [0.717, 1.165) is 44.6 Å². The average molecular weight is 329 g/mol. The highest BCUT2D eigenvalue weighted by Gasteiger charge is 2.22. The van der Waals surface area contributed by atoms with Gasteiger partial charge < -0.3 is 4.98 Å². The number of allylic oxidation sites excluding steroid dienone is 3. The van der Waals surface area contributed by atoms with E-state index in [9.17, 15) is 4.79 Å². The largest absolute Gasteiger partial charge is 0.311 e. The van der Waals surface area contributed by atoms with Crippen LogP contribution in [0.5, 0.6) is 0 Å². The Morgan fingerprint density at radius 2 is 2.17 bits per heavy atom. The third-order valence-electron chi connectivity index (χ3n) is 4.59. The van der Waals surface area contributed by atoms with Gasteiger partial charge in [0.25, 0.3) is 5.56 Å². The van der Waals surface area contributed by atoms with Gasteiger partial charge in [-0.05, 0) is 59.9 Å². The van der Waals surface area contributed by atoms with E-state index in [1.807, 2.05) is 6.92 Å². The number of hydrogen-bond acceptors (Lipinski definition) is 3. The van der Waals surface area contributed by atoms with Crippen LogP contribution < -0.4 is 5.56 Å². The van der Waals surface area contributed by atoms with Crippen molar-refractivity contribution >= 4 is 0 Å². The zero-order valence-electron chi connectivity index (χ0n) is 15.6. The lowest BCUT2D eigenvalue weighted by Crippen LogP contribution is -2.35. The van der Waals surface area contributed by atoms with Gasteiger partial charge in [-0.15, -0.1) is 0 Å². The molecule has 0 radical (unpaired) electrons. The second-order valence-corrected chi connectivity index (χ2v) is 7.23. The van der Waals surface area contributed by atoms with Crippen molar-refractivity contribution in [1.29, 1.82) is 0 Å².